The van der Waals surface area contributed by atoms with E-state index in [0.29, 0.717) is 5.56 Å². The summed E-state index contributed by atoms with van der Waals surface area (Å²) in [5.74, 6) is -0.522. The fraction of sp³-hybridized carbons (Fsp3) is 0.300. The Morgan fingerprint density at radius 2 is 1.96 bits per heavy atom. The highest BCUT2D eigenvalue weighted by atomic mass is 32.1. The van der Waals surface area contributed by atoms with E-state index < -0.39 is 5.54 Å². The van der Waals surface area contributed by atoms with Gasteiger partial charge in [-0.05, 0) is 35.9 Å². The zero-order chi connectivity index (χ0) is 17.4. The number of nitrogens with one attached hydrogen (secondary N) is 1. The predicted molar refractivity (Wildman–Crippen MR) is 96.5 cm³/mol. The van der Waals surface area contributed by atoms with Gasteiger partial charge >= 0.3 is 5.97 Å². The molecule has 1 N–H and O–H groups in total. The van der Waals surface area contributed by atoms with Crippen molar-refractivity contribution in [2.75, 3.05) is 7.11 Å². The van der Waals surface area contributed by atoms with Crippen molar-refractivity contribution in [1.82, 2.24) is 5.32 Å². The third-order valence-corrected chi connectivity index (χ3v) is 6.30. The van der Waals surface area contributed by atoms with Crippen LogP contribution in [-0.4, -0.2) is 24.5 Å². The van der Waals surface area contributed by atoms with Crippen molar-refractivity contribution < 1.29 is 14.3 Å². The van der Waals surface area contributed by atoms with Crippen LogP contribution in [0.4, 0.5) is 0 Å². The monoisotopic (exact) mass is 353 g/mol. The van der Waals surface area contributed by atoms with Crippen molar-refractivity contribution in [2.24, 2.45) is 11.8 Å². The van der Waals surface area contributed by atoms with Gasteiger partial charge in [0.25, 0.3) is 5.91 Å². The molecule has 4 rings (SSSR count). The number of amides is 1. The average Bonchev–Trinajstić information content (AvgIpc) is 3.38. The Labute approximate surface area is 150 Å². The molecule has 0 aliphatic heterocycles. The summed E-state index contributed by atoms with van der Waals surface area (Å²) in [6.45, 7) is 0. The number of hydrogen-bond acceptors (Lipinski definition) is 4. The summed E-state index contributed by atoms with van der Waals surface area (Å²) < 4.78 is 5.17. The van der Waals surface area contributed by atoms with Crippen molar-refractivity contribution in [3.63, 3.8) is 0 Å². The Morgan fingerprint density at radius 3 is 2.64 bits per heavy atom. The summed E-state index contributed by atoms with van der Waals surface area (Å²) in [6, 6.07) is 13.0. The molecule has 1 aromatic carbocycles. The quantitative estimate of drug-likeness (QED) is 0.677. The van der Waals surface area contributed by atoms with E-state index >= 15 is 0 Å². The number of benzene rings is 1. The molecule has 0 saturated heterocycles. The summed E-state index contributed by atoms with van der Waals surface area (Å²) in [5, 5.41) is 5.08. The van der Waals surface area contributed by atoms with Crippen LogP contribution in [0.15, 0.2) is 60.0 Å². The molecule has 1 heterocycles. The number of hydrogen-bond donors (Lipinski definition) is 1. The van der Waals surface area contributed by atoms with Crippen molar-refractivity contribution in [3.8, 4) is 0 Å². The largest absolute Gasteiger partial charge is 0.467 e. The van der Waals surface area contributed by atoms with Crippen LogP contribution in [-0.2, 0) is 9.53 Å². The predicted octanol–water partition coefficient (Wildman–Crippen LogP) is 3.38. The lowest BCUT2D eigenvalue weighted by atomic mass is 9.74. The first kappa shape index (κ1) is 16.1. The second-order valence-corrected chi connectivity index (χ2v) is 7.54. The molecule has 1 saturated carbocycles. The third-order valence-electron chi connectivity index (χ3n) is 5.35. The molecule has 2 aliphatic carbocycles. The lowest BCUT2D eigenvalue weighted by molar-refractivity contribution is -0.150. The molecule has 0 unspecified atom stereocenters. The number of ether oxygens (including phenoxy) is 1. The number of carbonyl (C=O) groups is 2. The van der Waals surface area contributed by atoms with Crippen LogP contribution < -0.4 is 5.32 Å². The van der Waals surface area contributed by atoms with Crippen LogP contribution >= 0.6 is 11.3 Å². The number of allylic oxidation sites excluding steroid dienone is 1. The minimum Gasteiger partial charge on any atom is -0.467 e. The van der Waals surface area contributed by atoms with E-state index in [4.69, 9.17) is 4.74 Å². The fourth-order valence-corrected chi connectivity index (χ4v) is 5.28. The number of carbonyl (C=O) groups excluding carboxylic acids is 2. The number of thiophene rings is 1. The molecule has 0 spiro atoms. The Balaban J connectivity index is 1.78. The highest BCUT2D eigenvalue weighted by molar-refractivity contribution is 7.10. The molecule has 1 fully saturated rings. The van der Waals surface area contributed by atoms with Gasteiger partial charge in [0.2, 0.25) is 0 Å². The Hall–Kier alpha value is -2.40. The highest BCUT2D eigenvalue weighted by Crippen LogP contribution is 2.56. The van der Waals surface area contributed by atoms with Crippen molar-refractivity contribution in [1.29, 1.82) is 0 Å². The minimum atomic E-state index is -1.05. The molecule has 2 aromatic rings. The van der Waals surface area contributed by atoms with Crippen LogP contribution in [0.1, 0.15) is 27.6 Å². The number of esters is 1. The number of fused-ring (bicyclic) bond motifs is 2. The molecule has 2 aliphatic rings. The Bertz CT molecular complexity index is 815. The summed E-state index contributed by atoms with van der Waals surface area (Å²) in [7, 11) is 1.39. The standard InChI is InChI=1S/C20H19NO3S/c1-24-19(23)20(21-18(22)13-6-3-2-4-7-13)15-10-9-14(12-15)17(20)16-8-5-11-25-16/h2-11,14-15,17H,12H2,1H3,(H,21,22)/t14-,15+,17-,20-/m1/s1. The number of methoxy groups -OCH3 is 1. The van der Waals surface area contributed by atoms with Gasteiger partial charge in [0, 0.05) is 22.3 Å². The van der Waals surface area contributed by atoms with Gasteiger partial charge in [-0.1, -0.05) is 36.4 Å². The van der Waals surface area contributed by atoms with E-state index in [-0.39, 0.29) is 29.6 Å². The maximum atomic E-state index is 12.9. The molecular formula is C20H19NO3S. The molecule has 1 amide bonds. The van der Waals surface area contributed by atoms with Crippen molar-refractivity contribution >= 4 is 23.2 Å². The van der Waals surface area contributed by atoms with Crippen LogP contribution in [0.3, 0.4) is 0 Å². The fourth-order valence-electron chi connectivity index (χ4n) is 4.30. The van der Waals surface area contributed by atoms with Crippen LogP contribution in [0, 0.1) is 11.8 Å². The average molecular weight is 353 g/mol. The molecule has 0 radical (unpaired) electrons. The molecule has 1 aromatic heterocycles. The first-order chi connectivity index (χ1) is 12.2. The summed E-state index contributed by atoms with van der Waals surface area (Å²) in [6.07, 6.45) is 5.08. The van der Waals surface area contributed by atoms with Gasteiger partial charge in [-0.3, -0.25) is 4.79 Å². The maximum absolute atomic E-state index is 12.9. The number of rotatable bonds is 4. The first-order valence-electron chi connectivity index (χ1n) is 8.34. The van der Waals surface area contributed by atoms with Gasteiger partial charge in [-0.2, -0.15) is 0 Å². The molecule has 4 atom stereocenters. The van der Waals surface area contributed by atoms with Crippen LogP contribution in [0.5, 0.6) is 0 Å². The Morgan fingerprint density at radius 1 is 1.16 bits per heavy atom. The molecule has 128 valence electrons. The first-order valence-corrected chi connectivity index (χ1v) is 9.22. The van der Waals surface area contributed by atoms with Crippen molar-refractivity contribution in [2.45, 2.75) is 17.9 Å². The minimum absolute atomic E-state index is 0.0512. The van der Waals surface area contributed by atoms with Crippen LogP contribution in [0.2, 0.25) is 0 Å². The summed E-state index contributed by atoms with van der Waals surface area (Å²) >= 11 is 1.62. The van der Waals surface area contributed by atoms with Gasteiger partial charge in [-0.25, -0.2) is 4.79 Å². The normalized spacial score (nSPS) is 29.6. The topological polar surface area (TPSA) is 55.4 Å². The molecular weight excluding hydrogens is 334 g/mol. The molecule has 5 heteroatoms. The van der Waals surface area contributed by atoms with Gasteiger partial charge in [-0.15, -0.1) is 11.3 Å². The van der Waals surface area contributed by atoms with Crippen molar-refractivity contribution in [3.05, 3.63) is 70.4 Å². The maximum Gasteiger partial charge on any atom is 0.332 e. The Kier molecular flexibility index (Phi) is 3.96. The molecule has 4 nitrogen and oxygen atoms in total. The van der Waals surface area contributed by atoms with E-state index in [2.05, 4.69) is 17.5 Å². The lowest BCUT2D eigenvalue weighted by Crippen LogP contribution is -2.61. The second-order valence-electron chi connectivity index (χ2n) is 6.56. The summed E-state index contributed by atoms with van der Waals surface area (Å²) in [5.41, 5.74) is -0.506. The van der Waals surface area contributed by atoms with E-state index in [1.807, 2.05) is 35.7 Å². The highest BCUT2D eigenvalue weighted by Gasteiger charge is 2.63. The van der Waals surface area contributed by atoms with E-state index in [1.54, 1.807) is 23.5 Å². The second kappa shape index (κ2) is 6.15. The van der Waals surface area contributed by atoms with Crippen LogP contribution in [0.25, 0.3) is 0 Å². The zero-order valence-electron chi connectivity index (χ0n) is 13.8. The molecule has 25 heavy (non-hydrogen) atoms. The SMILES string of the molecule is COC(=O)[C@@]1(NC(=O)c2ccccc2)[C@H]2C=C[C@H](C2)[C@@H]1c1cccs1. The van der Waals surface area contributed by atoms with Gasteiger partial charge in [0.15, 0.2) is 5.54 Å². The summed E-state index contributed by atoms with van der Waals surface area (Å²) in [4.78, 5) is 26.9. The van der Waals surface area contributed by atoms with E-state index in [1.165, 1.54) is 7.11 Å². The lowest BCUT2D eigenvalue weighted by Gasteiger charge is -2.39. The molecule has 2 bridgehead atoms. The van der Waals surface area contributed by atoms with Gasteiger partial charge in [0.1, 0.15) is 0 Å². The van der Waals surface area contributed by atoms with E-state index in [0.717, 1.165) is 11.3 Å². The smallest absolute Gasteiger partial charge is 0.332 e. The van der Waals surface area contributed by atoms with Gasteiger partial charge in [0.05, 0.1) is 7.11 Å². The van der Waals surface area contributed by atoms with Gasteiger partial charge < -0.3 is 10.1 Å². The van der Waals surface area contributed by atoms with E-state index in [9.17, 15) is 9.59 Å². The zero-order valence-corrected chi connectivity index (χ0v) is 14.7. The third kappa shape index (κ3) is 2.42.